The number of benzene rings is 2. The minimum Gasteiger partial charge on any atom is -0.442 e. The van der Waals surface area contributed by atoms with E-state index < -0.39 is 16.6 Å². The van der Waals surface area contributed by atoms with Gasteiger partial charge in [0.05, 0.1) is 4.92 Å². The van der Waals surface area contributed by atoms with E-state index in [9.17, 15) is 14.9 Å². The lowest BCUT2D eigenvalue weighted by molar-refractivity contribution is -0.384. The summed E-state index contributed by atoms with van der Waals surface area (Å²) in [4.78, 5) is 23.0. The van der Waals surface area contributed by atoms with Crippen molar-refractivity contribution in [2.75, 3.05) is 0 Å². The molecule has 0 saturated carbocycles. The highest BCUT2D eigenvalue weighted by Gasteiger charge is 2.25. The maximum Gasteiger partial charge on any atom is 0.437 e. The van der Waals surface area contributed by atoms with Gasteiger partial charge in [-0.15, -0.1) is 9.78 Å². The van der Waals surface area contributed by atoms with Crippen molar-refractivity contribution in [3.63, 3.8) is 0 Å². The van der Waals surface area contributed by atoms with Crippen LogP contribution in [-0.4, -0.2) is 31.6 Å². The minimum atomic E-state index is -0.706. The van der Waals surface area contributed by atoms with Gasteiger partial charge in [0.2, 0.25) is 0 Å². The molecule has 0 N–H and O–H groups in total. The van der Waals surface area contributed by atoms with Crippen LogP contribution in [0.5, 0.6) is 0 Å². The Labute approximate surface area is 155 Å². The number of ether oxygens (including phenoxy) is 1. The van der Waals surface area contributed by atoms with Gasteiger partial charge < -0.3 is 4.74 Å². The van der Waals surface area contributed by atoms with Crippen LogP contribution >= 0.6 is 0 Å². The van der Waals surface area contributed by atoms with Crippen LogP contribution in [0, 0.1) is 10.1 Å². The fraction of sp³-hybridized carbons (Fsp3) is 0.211. The fourth-order valence-electron chi connectivity index (χ4n) is 2.51. The van der Waals surface area contributed by atoms with Crippen molar-refractivity contribution in [1.29, 1.82) is 0 Å². The van der Waals surface area contributed by atoms with Crippen LogP contribution in [0.4, 0.5) is 10.5 Å². The highest BCUT2D eigenvalue weighted by atomic mass is 16.6. The average molecular weight is 366 g/mol. The lowest BCUT2D eigenvalue weighted by Crippen LogP contribution is -2.28. The van der Waals surface area contributed by atoms with E-state index >= 15 is 0 Å². The molecule has 0 spiro atoms. The van der Waals surface area contributed by atoms with Gasteiger partial charge in [-0.1, -0.05) is 35.5 Å². The van der Waals surface area contributed by atoms with Crippen molar-refractivity contribution in [1.82, 2.24) is 15.0 Å². The normalized spacial score (nSPS) is 11.2. The molecule has 8 nitrogen and oxygen atoms in total. The number of nitro benzene ring substituents is 1. The molecule has 1 aromatic heterocycles. The standard InChI is InChI=1S/C19H18N4O4/c1-19(2,3)27-18(24)22-17(14-9-11-15(12-10-14)23(25)26)16(20-21-22)13-7-5-4-6-8-13/h4-12H,1-3H3. The van der Waals surface area contributed by atoms with Gasteiger partial charge in [-0.2, -0.15) is 0 Å². The Morgan fingerprint density at radius 2 is 1.67 bits per heavy atom. The zero-order valence-electron chi connectivity index (χ0n) is 15.1. The first-order chi connectivity index (χ1) is 12.8. The van der Waals surface area contributed by atoms with E-state index in [2.05, 4.69) is 10.3 Å². The zero-order chi connectivity index (χ0) is 19.6. The lowest BCUT2D eigenvalue weighted by atomic mass is 10.0. The molecular formula is C19H18N4O4. The number of nitrogens with zero attached hydrogens (tertiary/aromatic N) is 4. The predicted octanol–water partition coefficient (Wildman–Crippen LogP) is 4.30. The quantitative estimate of drug-likeness (QED) is 0.506. The Balaban J connectivity index is 2.14. The third-order valence-electron chi connectivity index (χ3n) is 3.64. The first-order valence-electron chi connectivity index (χ1n) is 8.25. The third kappa shape index (κ3) is 4.00. The molecule has 3 aromatic rings. The van der Waals surface area contributed by atoms with Gasteiger partial charge in [-0.3, -0.25) is 10.1 Å². The summed E-state index contributed by atoms with van der Waals surface area (Å²) in [6.45, 7) is 5.27. The molecule has 0 aliphatic carbocycles. The van der Waals surface area contributed by atoms with Gasteiger partial charge in [0.15, 0.2) is 0 Å². The smallest absolute Gasteiger partial charge is 0.437 e. The molecule has 0 atom stereocenters. The Bertz CT molecular complexity index is 973. The third-order valence-corrected chi connectivity index (χ3v) is 3.64. The van der Waals surface area contributed by atoms with Crippen molar-refractivity contribution in [3.8, 4) is 22.5 Å². The van der Waals surface area contributed by atoms with Crippen LogP contribution < -0.4 is 0 Å². The van der Waals surface area contributed by atoms with Gasteiger partial charge >= 0.3 is 6.09 Å². The monoisotopic (exact) mass is 366 g/mol. The molecule has 27 heavy (non-hydrogen) atoms. The molecule has 0 fully saturated rings. The van der Waals surface area contributed by atoms with Crippen LogP contribution in [0.15, 0.2) is 54.6 Å². The van der Waals surface area contributed by atoms with Gasteiger partial charge in [-0.25, -0.2) is 4.79 Å². The number of carbonyl (C=O) groups is 1. The highest BCUT2D eigenvalue weighted by molar-refractivity contribution is 5.85. The maximum absolute atomic E-state index is 12.6. The van der Waals surface area contributed by atoms with Crippen molar-refractivity contribution >= 4 is 11.8 Å². The van der Waals surface area contributed by atoms with Crippen LogP contribution in [-0.2, 0) is 4.74 Å². The molecule has 0 aliphatic rings. The first-order valence-corrected chi connectivity index (χ1v) is 8.25. The summed E-state index contributed by atoms with van der Waals surface area (Å²) in [7, 11) is 0. The fourth-order valence-corrected chi connectivity index (χ4v) is 2.51. The van der Waals surface area contributed by atoms with E-state index in [1.54, 1.807) is 32.9 Å². The second-order valence-electron chi connectivity index (χ2n) is 6.85. The summed E-state index contributed by atoms with van der Waals surface area (Å²) in [5, 5.41) is 19.0. The average Bonchev–Trinajstić information content (AvgIpc) is 3.06. The molecule has 0 amide bonds. The van der Waals surface area contributed by atoms with E-state index in [0.717, 1.165) is 10.2 Å². The Hall–Kier alpha value is -3.55. The van der Waals surface area contributed by atoms with Crippen LogP contribution in [0.25, 0.3) is 22.5 Å². The van der Waals surface area contributed by atoms with Crippen LogP contribution in [0.3, 0.4) is 0 Å². The van der Waals surface area contributed by atoms with Crippen molar-refractivity contribution < 1.29 is 14.5 Å². The summed E-state index contributed by atoms with van der Waals surface area (Å²) in [5.74, 6) is 0. The number of aromatic nitrogens is 3. The number of nitro groups is 1. The molecule has 0 aliphatic heterocycles. The largest absolute Gasteiger partial charge is 0.442 e. The number of rotatable bonds is 3. The first kappa shape index (κ1) is 18.2. The molecule has 0 saturated heterocycles. The van der Waals surface area contributed by atoms with Gasteiger partial charge in [0, 0.05) is 23.3 Å². The van der Waals surface area contributed by atoms with Crippen LogP contribution in [0.2, 0.25) is 0 Å². The van der Waals surface area contributed by atoms with Gasteiger partial charge in [0.25, 0.3) is 5.69 Å². The minimum absolute atomic E-state index is 0.0451. The van der Waals surface area contributed by atoms with Crippen molar-refractivity contribution in [2.45, 2.75) is 26.4 Å². The zero-order valence-corrected chi connectivity index (χ0v) is 15.1. The summed E-state index contributed by atoms with van der Waals surface area (Å²) < 4.78 is 6.49. The van der Waals surface area contributed by atoms with Crippen molar-refractivity contribution in [3.05, 3.63) is 64.7 Å². The number of hydrogen-bond acceptors (Lipinski definition) is 6. The summed E-state index contributed by atoms with van der Waals surface area (Å²) in [6.07, 6.45) is -0.675. The molecule has 8 heteroatoms. The Morgan fingerprint density at radius 1 is 1.04 bits per heavy atom. The van der Waals surface area contributed by atoms with E-state index in [1.807, 2.05) is 30.3 Å². The molecule has 0 bridgehead atoms. The second kappa shape index (κ2) is 6.99. The molecule has 0 unspecified atom stereocenters. The summed E-state index contributed by atoms with van der Waals surface area (Å²) in [5.41, 5.74) is 1.47. The number of carbonyl (C=O) groups excluding carboxylic acids is 1. The second-order valence-corrected chi connectivity index (χ2v) is 6.85. The molecule has 3 rings (SSSR count). The van der Waals surface area contributed by atoms with E-state index in [1.165, 1.54) is 12.1 Å². The van der Waals surface area contributed by atoms with Crippen LogP contribution in [0.1, 0.15) is 20.8 Å². The Kier molecular flexibility index (Phi) is 4.72. The SMILES string of the molecule is CC(C)(C)OC(=O)n1nnc(-c2ccccc2)c1-c1ccc([N+](=O)[O-])cc1. The number of hydrogen-bond donors (Lipinski definition) is 0. The maximum atomic E-state index is 12.6. The van der Waals surface area contributed by atoms with E-state index in [4.69, 9.17) is 4.74 Å². The van der Waals surface area contributed by atoms with E-state index in [-0.39, 0.29) is 5.69 Å². The molecule has 1 heterocycles. The molecule has 0 radical (unpaired) electrons. The Morgan fingerprint density at radius 3 is 2.22 bits per heavy atom. The highest BCUT2D eigenvalue weighted by Crippen LogP contribution is 2.31. The van der Waals surface area contributed by atoms with Gasteiger partial charge in [-0.05, 0) is 32.9 Å². The lowest BCUT2D eigenvalue weighted by Gasteiger charge is -2.19. The van der Waals surface area contributed by atoms with E-state index in [0.29, 0.717) is 17.0 Å². The molecule has 138 valence electrons. The number of non-ortho nitro benzene ring substituents is 1. The molecule has 2 aromatic carbocycles. The predicted molar refractivity (Wildman–Crippen MR) is 99.2 cm³/mol. The summed E-state index contributed by atoms with van der Waals surface area (Å²) in [6, 6.07) is 15.1. The van der Waals surface area contributed by atoms with Crippen molar-refractivity contribution in [2.24, 2.45) is 0 Å². The molecular weight excluding hydrogens is 348 g/mol. The summed E-state index contributed by atoms with van der Waals surface area (Å²) >= 11 is 0. The van der Waals surface area contributed by atoms with Gasteiger partial charge in [0.1, 0.15) is 17.0 Å². The topological polar surface area (TPSA) is 100 Å².